The first-order chi connectivity index (χ1) is 15.2. The second-order valence-electron chi connectivity index (χ2n) is 7.49. The summed E-state index contributed by atoms with van der Waals surface area (Å²) in [4.78, 5) is 18.8. The number of rotatable bonds is 1. The summed E-state index contributed by atoms with van der Waals surface area (Å²) in [6, 6.07) is 7.14. The molecule has 1 N–H and O–H groups in total. The number of phenols is 1. The molecule has 0 aliphatic carbocycles. The van der Waals surface area contributed by atoms with Crippen molar-refractivity contribution in [3.05, 3.63) is 119 Å². The zero-order valence-electron chi connectivity index (χ0n) is 17.2. The summed E-state index contributed by atoms with van der Waals surface area (Å²) in [6.07, 6.45) is 21.8. The molecule has 0 spiro atoms. The minimum Gasteiger partial charge on any atom is -0.508 e. The molecule has 5 aliphatic heterocycles. The number of hydrogen-bond donors (Lipinski definition) is 1. The lowest BCUT2D eigenvalue weighted by molar-refractivity contribution is 0.475. The number of fused-ring (bicyclic) bond motifs is 4. The number of nitrogens with zero attached hydrogens (tertiary/aromatic N) is 4. The average molecular weight is 473 g/mol. The van der Waals surface area contributed by atoms with E-state index in [0.717, 1.165) is 56.8 Å². The second kappa shape index (κ2) is 8.98. The van der Waals surface area contributed by atoms with Crippen LogP contribution in [-0.2, 0) is 0 Å². The summed E-state index contributed by atoms with van der Waals surface area (Å²) < 4.78 is 0. The van der Waals surface area contributed by atoms with Gasteiger partial charge in [0.25, 0.3) is 0 Å². The highest BCUT2D eigenvalue weighted by molar-refractivity contribution is 6.19. The average Bonchev–Trinajstić information content (AvgIpc) is 3.54. The number of hydrogen-bond acceptors (Lipinski definition) is 5. The van der Waals surface area contributed by atoms with Crippen LogP contribution in [0.15, 0.2) is 134 Å². The molecule has 0 saturated carbocycles. The second-order valence-corrected chi connectivity index (χ2v) is 7.49. The van der Waals surface area contributed by atoms with E-state index in [4.69, 9.17) is 9.98 Å². The Kier molecular flexibility index (Phi) is 6.09. The van der Waals surface area contributed by atoms with Gasteiger partial charge >= 0.3 is 0 Å². The first-order valence-corrected chi connectivity index (χ1v) is 9.95. The van der Waals surface area contributed by atoms with Crippen molar-refractivity contribution >= 4 is 53.2 Å². The fourth-order valence-corrected chi connectivity index (χ4v) is 3.77. The van der Waals surface area contributed by atoms with Gasteiger partial charge in [-0.05, 0) is 84.5 Å². The van der Waals surface area contributed by atoms with Crippen molar-refractivity contribution in [3.63, 3.8) is 0 Å². The van der Waals surface area contributed by atoms with Gasteiger partial charge in [0, 0.05) is 5.57 Å². The molecule has 0 amide bonds. The molecular weight excluding hydrogens is 455 g/mol. The van der Waals surface area contributed by atoms with Crippen molar-refractivity contribution in [2.45, 2.75) is 0 Å². The molecular formula is C26H18Cl2N4O. The highest BCUT2D eigenvalue weighted by Gasteiger charge is 2.18. The van der Waals surface area contributed by atoms with Crippen molar-refractivity contribution in [2.24, 2.45) is 20.0 Å². The molecule has 7 heteroatoms. The molecule has 1 aromatic rings. The zero-order valence-corrected chi connectivity index (χ0v) is 18.8. The Bertz CT molecular complexity index is 1410. The van der Waals surface area contributed by atoms with Gasteiger partial charge in [-0.2, -0.15) is 0 Å². The molecule has 0 fully saturated rings. The van der Waals surface area contributed by atoms with Crippen LogP contribution in [-0.4, -0.2) is 28.0 Å². The van der Waals surface area contributed by atoms with Crippen LogP contribution in [0.1, 0.15) is 5.56 Å². The van der Waals surface area contributed by atoms with E-state index in [1.54, 1.807) is 12.1 Å². The van der Waals surface area contributed by atoms with Crippen molar-refractivity contribution < 1.29 is 5.11 Å². The van der Waals surface area contributed by atoms with Crippen molar-refractivity contribution in [2.75, 3.05) is 0 Å². The highest BCUT2D eigenvalue weighted by atomic mass is 35.5. The Balaban J connectivity index is 0.00000130. The number of aromatic hydroxyl groups is 1. The van der Waals surface area contributed by atoms with Crippen LogP contribution < -0.4 is 0 Å². The van der Waals surface area contributed by atoms with Crippen LogP contribution in [0, 0.1) is 0 Å². The Morgan fingerprint density at radius 1 is 0.485 bits per heavy atom. The highest BCUT2D eigenvalue weighted by Crippen LogP contribution is 2.32. The van der Waals surface area contributed by atoms with Gasteiger partial charge in [-0.25, -0.2) is 20.0 Å². The van der Waals surface area contributed by atoms with E-state index < -0.39 is 0 Å². The maximum absolute atomic E-state index is 9.67. The fraction of sp³-hybridized carbons (Fsp3) is 0. The molecule has 5 heterocycles. The van der Waals surface area contributed by atoms with Crippen LogP contribution >= 0.6 is 24.8 Å². The molecule has 8 bridgehead atoms. The predicted octanol–water partition coefficient (Wildman–Crippen LogP) is 5.66. The lowest BCUT2D eigenvalue weighted by atomic mass is 10.0. The Morgan fingerprint density at radius 3 is 1.52 bits per heavy atom. The summed E-state index contributed by atoms with van der Waals surface area (Å²) in [5.74, 6) is 0.234. The third-order valence-electron chi connectivity index (χ3n) is 5.22. The molecule has 0 unspecified atom stereocenters. The van der Waals surface area contributed by atoms with Gasteiger partial charge in [0.2, 0.25) is 0 Å². The molecule has 0 saturated heterocycles. The van der Waals surface area contributed by atoms with E-state index in [9.17, 15) is 5.11 Å². The quantitative estimate of drug-likeness (QED) is 0.562. The molecule has 0 radical (unpaired) electrons. The zero-order chi connectivity index (χ0) is 20.8. The lowest BCUT2D eigenvalue weighted by Crippen LogP contribution is -1.90. The molecule has 6 rings (SSSR count). The Morgan fingerprint density at radius 2 is 0.970 bits per heavy atom. The largest absolute Gasteiger partial charge is 0.508 e. The normalized spacial score (nSPS) is 19.2. The first kappa shape index (κ1) is 22.4. The van der Waals surface area contributed by atoms with Gasteiger partial charge in [-0.1, -0.05) is 12.1 Å². The molecule has 33 heavy (non-hydrogen) atoms. The van der Waals surface area contributed by atoms with E-state index in [0.29, 0.717) is 0 Å². The number of aliphatic imine (C=N–C) groups is 4. The Labute approximate surface area is 203 Å². The molecule has 0 aromatic heterocycles. The number of phenolic OH excluding ortho intramolecular Hbond substituents is 1. The molecule has 5 nitrogen and oxygen atoms in total. The van der Waals surface area contributed by atoms with Gasteiger partial charge in [-0.3, -0.25) is 0 Å². The number of benzene rings is 1. The monoisotopic (exact) mass is 472 g/mol. The van der Waals surface area contributed by atoms with Gasteiger partial charge in [0.15, 0.2) is 0 Å². The summed E-state index contributed by atoms with van der Waals surface area (Å²) >= 11 is 0. The van der Waals surface area contributed by atoms with Crippen LogP contribution in [0.2, 0.25) is 0 Å². The van der Waals surface area contributed by atoms with E-state index >= 15 is 0 Å². The fourth-order valence-electron chi connectivity index (χ4n) is 3.77. The lowest BCUT2D eigenvalue weighted by Gasteiger charge is -2.04. The summed E-state index contributed by atoms with van der Waals surface area (Å²) in [7, 11) is 0. The first-order valence-electron chi connectivity index (χ1n) is 9.95. The Hall–Kier alpha value is -3.80. The smallest absolute Gasteiger partial charge is 0.115 e. The van der Waals surface area contributed by atoms with Crippen molar-refractivity contribution in [3.8, 4) is 5.75 Å². The van der Waals surface area contributed by atoms with Crippen LogP contribution in [0.25, 0.3) is 5.57 Å². The van der Waals surface area contributed by atoms with E-state index in [-0.39, 0.29) is 30.6 Å². The molecule has 1 aromatic carbocycles. The maximum atomic E-state index is 9.67. The SMILES string of the molecule is Cl.Cl.Oc1ccc(C2=CC3=NC2=CC2=NC(=CC4=NC(=CC5=NC(=C3)C=C5)C=C4)C=C2)cc1. The van der Waals surface area contributed by atoms with E-state index in [1.165, 1.54) is 0 Å². The predicted molar refractivity (Wildman–Crippen MR) is 140 cm³/mol. The standard InChI is InChI=1S/C26H16N4O.2ClH/c31-24-9-1-16(2-10-24)25-14-23-13-21-6-5-19(28-21)11-17-3-4-18(27-17)12-20-7-8-22(29-20)15-26(25)30-23;;/h1-15,31H;2*1H. The van der Waals surface area contributed by atoms with E-state index in [1.807, 2.05) is 79.0 Å². The third kappa shape index (κ3) is 4.55. The third-order valence-corrected chi connectivity index (χ3v) is 5.22. The van der Waals surface area contributed by atoms with Gasteiger partial charge in [0.05, 0.1) is 45.6 Å². The van der Waals surface area contributed by atoms with Gasteiger partial charge in [0.1, 0.15) is 5.75 Å². The van der Waals surface area contributed by atoms with Crippen LogP contribution in [0.5, 0.6) is 5.75 Å². The van der Waals surface area contributed by atoms with Crippen LogP contribution in [0.4, 0.5) is 0 Å². The summed E-state index contributed by atoms with van der Waals surface area (Å²) in [5.41, 5.74) is 8.69. The van der Waals surface area contributed by atoms with Gasteiger partial charge in [-0.15, -0.1) is 24.8 Å². The molecule has 0 atom stereocenters. The van der Waals surface area contributed by atoms with Crippen molar-refractivity contribution in [1.82, 2.24) is 0 Å². The molecule has 5 aliphatic rings. The van der Waals surface area contributed by atoms with Crippen LogP contribution in [0.3, 0.4) is 0 Å². The van der Waals surface area contributed by atoms with Gasteiger partial charge < -0.3 is 5.11 Å². The summed E-state index contributed by atoms with van der Waals surface area (Å²) in [6.45, 7) is 0. The number of allylic oxidation sites excluding steroid dienone is 12. The maximum Gasteiger partial charge on any atom is 0.115 e. The molecule has 162 valence electrons. The van der Waals surface area contributed by atoms with E-state index in [2.05, 4.69) is 9.98 Å². The number of halogens is 2. The minimum absolute atomic E-state index is 0. The summed E-state index contributed by atoms with van der Waals surface area (Å²) in [5, 5.41) is 9.67. The minimum atomic E-state index is 0. The van der Waals surface area contributed by atoms with Crippen molar-refractivity contribution in [1.29, 1.82) is 0 Å². The topological polar surface area (TPSA) is 69.7 Å².